The quantitative estimate of drug-likeness (QED) is 0.814. The van der Waals surface area contributed by atoms with Crippen LogP contribution in [0.15, 0.2) is 48.5 Å². The molecule has 1 unspecified atom stereocenters. The number of carbonyl (C=O) groups excluding carboxylic acids is 1. The summed E-state index contributed by atoms with van der Waals surface area (Å²) in [6.45, 7) is 2.16. The van der Waals surface area contributed by atoms with Gasteiger partial charge < -0.3 is 15.7 Å². The third kappa shape index (κ3) is 3.37. The van der Waals surface area contributed by atoms with Gasteiger partial charge in [-0.05, 0) is 48.9 Å². The molecular weight excluding hydrogens is 288 g/mol. The Hall–Kier alpha value is -2.33. The van der Waals surface area contributed by atoms with Crippen LogP contribution in [0.3, 0.4) is 0 Å². The Kier molecular flexibility index (Phi) is 4.35. The SMILES string of the molecule is Cc1ccccc1NC(=O)NCC1(O)CCCc2ccccc21. The minimum absolute atomic E-state index is 0.210. The molecule has 1 aliphatic carbocycles. The molecule has 0 fully saturated rings. The van der Waals surface area contributed by atoms with E-state index in [2.05, 4.69) is 10.6 Å². The van der Waals surface area contributed by atoms with Gasteiger partial charge in [0.2, 0.25) is 0 Å². The molecule has 23 heavy (non-hydrogen) atoms. The van der Waals surface area contributed by atoms with Gasteiger partial charge in [0.05, 0.1) is 6.54 Å². The number of amides is 2. The van der Waals surface area contributed by atoms with Crippen LogP contribution in [0.2, 0.25) is 0 Å². The van der Waals surface area contributed by atoms with Gasteiger partial charge in [0.25, 0.3) is 0 Å². The van der Waals surface area contributed by atoms with Crippen LogP contribution < -0.4 is 10.6 Å². The van der Waals surface area contributed by atoms with Crippen molar-refractivity contribution in [1.82, 2.24) is 5.32 Å². The Morgan fingerprint density at radius 2 is 1.91 bits per heavy atom. The molecule has 3 rings (SSSR count). The third-order valence-electron chi connectivity index (χ3n) is 4.49. The second-order valence-electron chi connectivity index (χ2n) is 6.16. The Morgan fingerprint density at radius 3 is 2.74 bits per heavy atom. The van der Waals surface area contributed by atoms with E-state index < -0.39 is 5.60 Å². The van der Waals surface area contributed by atoms with Crippen molar-refractivity contribution >= 4 is 11.7 Å². The van der Waals surface area contributed by atoms with Crippen molar-refractivity contribution in [3.05, 3.63) is 65.2 Å². The fourth-order valence-electron chi connectivity index (χ4n) is 3.19. The molecule has 4 nitrogen and oxygen atoms in total. The fourth-order valence-corrected chi connectivity index (χ4v) is 3.19. The molecule has 2 aromatic carbocycles. The Labute approximate surface area is 136 Å². The number of urea groups is 1. The highest BCUT2D eigenvalue weighted by atomic mass is 16.3. The van der Waals surface area contributed by atoms with Gasteiger partial charge in [0.1, 0.15) is 5.60 Å². The molecule has 1 aliphatic rings. The summed E-state index contributed by atoms with van der Waals surface area (Å²) < 4.78 is 0. The molecule has 0 spiro atoms. The van der Waals surface area contributed by atoms with E-state index in [9.17, 15) is 9.90 Å². The van der Waals surface area contributed by atoms with Crippen molar-refractivity contribution in [3.8, 4) is 0 Å². The number of aryl methyl sites for hydroxylation is 2. The Balaban J connectivity index is 1.66. The molecule has 0 aromatic heterocycles. The zero-order chi connectivity index (χ0) is 16.3. The van der Waals surface area contributed by atoms with Gasteiger partial charge in [0.15, 0.2) is 0 Å². The lowest BCUT2D eigenvalue weighted by atomic mass is 9.79. The van der Waals surface area contributed by atoms with Crippen LogP contribution in [0.1, 0.15) is 29.5 Å². The average Bonchev–Trinajstić information content (AvgIpc) is 2.56. The Bertz CT molecular complexity index is 714. The van der Waals surface area contributed by atoms with E-state index in [-0.39, 0.29) is 12.6 Å². The summed E-state index contributed by atoms with van der Waals surface area (Å²) in [5.41, 5.74) is 2.90. The molecule has 0 bridgehead atoms. The highest BCUT2D eigenvalue weighted by molar-refractivity contribution is 5.90. The van der Waals surface area contributed by atoms with Crippen LogP contribution in [-0.2, 0) is 12.0 Å². The van der Waals surface area contributed by atoms with Crippen molar-refractivity contribution in [2.45, 2.75) is 31.8 Å². The molecule has 0 saturated heterocycles. The number of fused-ring (bicyclic) bond motifs is 1. The van der Waals surface area contributed by atoms with E-state index in [0.717, 1.165) is 29.7 Å². The lowest BCUT2D eigenvalue weighted by molar-refractivity contribution is 0.0221. The van der Waals surface area contributed by atoms with Crippen LogP contribution in [0, 0.1) is 6.92 Å². The summed E-state index contributed by atoms with van der Waals surface area (Å²) >= 11 is 0. The molecule has 2 amide bonds. The van der Waals surface area contributed by atoms with E-state index in [0.29, 0.717) is 6.42 Å². The molecule has 0 aliphatic heterocycles. The Morgan fingerprint density at radius 1 is 1.17 bits per heavy atom. The average molecular weight is 310 g/mol. The normalized spacial score (nSPS) is 19.7. The van der Waals surface area contributed by atoms with Gasteiger partial charge in [-0.2, -0.15) is 0 Å². The van der Waals surface area contributed by atoms with Crippen molar-refractivity contribution in [2.24, 2.45) is 0 Å². The number of anilines is 1. The van der Waals surface area contributed by atoms with Crippen molar-refractivity contribution in [3.63, 3.8) is 0 Å². The highest BCUT2D eigenvalue weighted by Gasteiger charge is 2.34. The van der Waals surface area contributed by atoms with Crippen molar-refractivity contribution in [1.29, 1.82) is 0 Å². The molecule has 1 atom stereocenters. The first-order valence-corrected chi connectivity index (χ1v) is 8.00. The minimum atomic E-state index is -0.988. The lowest BCUT2D eigenvalue weighted by Crippen LogP contribution is -2.44. The van der Waals surface area contributed by atoms with Gasteiger partial charge in [-0.25, -0.2) is 4.79 Å². The standard InChI is InChI=1S/C19H22N2O2/c1-14-7-2-5-11-17(14)21-18(22)20-13-19(23)12-6-9-15-8-3-4-10-16(15)19/h2-5,7-8,10-11,23H,6,9,12-13H2,1H3,(H2,20,21,22). The molecule has 2 aromatic rings. The van der Waals surface area contributed by atoms with Gasteiger partial charge in [0, 0.05) is 5.69 Å². The van der Waals surface area contributed by atoms with Crippen LogP contribution in [0.4, 0.5) is 10.5 Å². The predicted octanol–water partition coefficient (Wildman–Crippen LogP) is 3.34. The zero-order valence-electron chi connectivity index (χ0n) is 13.3. The first-order chi connectivity index (χ1) is 11.1. The summed E-state index contributed by atoms with van der Waals surface area (Å²) in [6, 6.07) is 15.2. The van der Waals surface area contributed by atoms with E-state index in [4.69, 9.17) is 0 Å². The first kappa shape index (κ1) is 15.6. The maximum absolute atomic E-state index is 12.1. The summed E-state index contributed by atoms with van der Waals surface area (Å²) in [6.07, 6.45) is 2.57. The van der Waals surface area contributed by atoms with E-state index in [1.807, 2.05) is 55.5 Å². The topological polar surface area (TPSA) is 61.4 Å². The fraction of sp³-hybridized carbons (Fsp3) is 0.316. The van der Waals surface area contributed by atoms with Crippen LogP contribution >= 0.6 is 0 Å². The highest BCUT2D eigenvalue weighted by Crippen LogP contribution is 2.34. The second kappa shape index (κ2) is 6.42. The maximum atomic E-state index is 12.1. The van der Waals surface area contributed by atoms with Crippen molar-refractivity contribution < 1.29 is 9.90 Å². The molecule has 0 heterocycles. The summed E-state index contributed by atoms with van der Waals surface area (Å²) in [5.74, 6) is 0. The smallest absolute Gasteiger partial charge is 0.319 e. The molecule has 120 valence electrons. The maximum Gasteiger partial charge on any atom is 0.319 e. The minimum Gasteiger partial charge on any atom is -0.383 e. The number of rotatable bonds is 3. The zero-order valence-corrected chi connectivity index (χ0v) is 13.3. The van der Waals surface area contributed by atoms with Gasteiger partial charge in [-0.15, -0.1) is 0 Å². The van der Waals surface area contributed by atoms with Crippen molar-refractivity contribution in [2.75, 3.05) is 11.9 Å². The second-order valence-corrected chi connectivity index (χ2v) is 6.16. The molecule has 0 saturated carbocycles. The number of para-hydroxylation sites is 1. The summed E-state index contributed by atoms with van der Waals surface area (Å²) in [5, 5.41) is 16.6. The third-order valence-corrected chi connectivity index (χ3v) is 4.49. The van der Waals surface area contributed by atoms with Crippen LogP contribution in [-0.4, -0.2) is 17.7 Å². The van der Waals surface area contributed by atoms with Crippen LogP contribution in [0.5, 0.6) is 0 Å². The van der Waals surface area contributed by atoms with Gasteiger partial charge in [-0.1, -0.05) is 42.5 Å². The van der Waals surface area contributed by atoms with Crippen LogP contribution in [0.25, 0.3) is 0 Å². The molecule has 0 radical (unpaired) electrons. The van der Waals surface area contributed by atoms with E-state index in [1.54, 1.807) is 0 Å². The van der Waals surface area contributed by atoms with E-state index >= 15 is 0 Å². The molecule has 3 N–H and O–H groups in total. The largest absolute Gasteiger partial charge is 0.383 e. The first-order valence-electron chi connectivity index (χ1n) is 8.00. The summed E-state index contributed by atoms with van der Waals surface area (Å²) in [4.78, 5) is 12.1. The predicted molar refractivity (Wildman–Crippen MR) is 91.5 cm³/mol. The number of benzene rings is 2. The molecular formula is C19H22N2O2. The number of hydrogen-bond acceptors (Lipinski definition) is 2. The van der Waals surface area contributed by atoms with Gasteiger partial charge in [-0.3, -0.25) is 0 Å². The number of carbonyl (C=O) groups is 1. The number of nitrogens with one attached hydrogen (secondary N) is 2. The number of aliphatic hydroxyl groups is 1. The summed E-state index contributed by atoms with van der Waals surface area (Å²) in [7, 11) is 0. The lowest BCUT2D eigenvalue weighted by Gasteiger charge is -2.34. The van der Waals surface area contributed by atoms with Gasteiger partial charge >= 0.3 is 6.03 Å². The van der Waals surface area contributed by atoms with E-state index in [1.165, 1.54) is 5.56 Å². The number of hydrogen-bond donors (Lipinski definition) is 3. The molecule has 4 heteroatoms. The monoisotopic (exact) mass is 310 g/mol.